The normalized spacial score (nSPS) is 21.2. The Balaban J connectivity index is 2.38. The summed E-state index contributed by atoms with van der Waals surface area (Å²) in [4.78, 5) is 14.0. The highest BCUT2D eigenvalue weighted by molar-refractivity contribution is 5.68. The summed E-state index contributed by atoms with van der Waals surface area (Å²) >= 11 is 0. The van der Waals surface area contributed by atoms with Gasteiger partial charge in [0.15, 0.2) is 0 Å². The first-order valence-electron chi connectivity index (χ1n) is 8.54. The zero-order valence-electron chi connectivity index (χ0n) is 14.6. The van der Waals surface area contributed by atoms with Crippen LogP contribution >= 0.6 is 0 Å². The second-order valence-corrected chi connectivity index (χ2v) is 7.28. The molecule has 2 unspecified atom stereocenters. The third-order valence-corrected chi connectivity index (χ3v) is 4.06. The quantitative estimate of drug-likeness (QED) is 0.758. The predicted octanol–water partition coefficient (Wildman–Crippen LogP) is 3.80. The fraction of sp³-hybridized carbons (Fsp3) is 0.941. The zero-order chi connectivity index (χ0) is 15.9. The maximum Gasteiger partial charge on any atom is 0.410 e. The molecule has 1 aliphatic rings. The highest BCUT2D eigenvalue weighted by Gasteiger charge is 2.29. The van der Waals surface area contributed by atoms with Crippen LogP contribution in [0.4, 0.5) is 4.79 Å². The Labute approximate surface area is 130 Å². The molecular formula is C17H34N2O2. The summed E-state index contributed by atoms with van der Waals surface area (Å²) in [6, 6.07) is 0.465. The highest BCUT2D eigenvalue weighted by atomic mass is 16.6. The SMILES string of the molecule is CCCCCNC(C)C1CCCN(C(=O)OC(C)(C)C)C1. The maximum atomic E-state index is 12.2. The van der Waals surface area contributed by atoms with Crippen molar-refractivity contribution in [3.05, 3.63) is 0 Å². The predicted molar refractivity (Wildman–Crippen MR) is 87.5 cm³/mol. The molecule has 1 saturated heterocycles. The number of piperidine rings is 1. The van der Waals surface area contributed by atoms with Gasteiger partial charge in [-0.25, -0.2) is 4.79 Å². The number of rotatable bonds is 6. The van der Waals surface area contributed by atoms with E-state index >= 15 is 0 Å². The number of hydrogen-bond acceptors (Lipinski definition) is 3. The van der Waals surface area contributed by atoms with Crippen LogP contribution in [0, 0.1) is 5.92 Å². The monoisotopic (exact) mass is 298 g/mol. The summed E-state index contributed by atoms with van der Waals surface area (Å²) < 4.78 is 5.48. The van der Waals surface area contributed by atoms with E-state index in [2.05, 4.69) is 19.2 Å². The van der Waals surface area contributed by atoms with E-state index in [1.54, 1.807) is 0 Å². The number of nitrogens with one attached hydrogen (secondary N) is 1. The number of unbranched alkanes of at least 4 members (excludes halogenated alkanes) is 2. The van der Waals surface area contributed by atoms with Gasteiger partial charge >= 0.3 is 6.09 Å². The lowest BCUT2D eigenvalue weighted by atomic mass is 9.91. The van der Waals surface area contributed by atoms with E-state index in [0.29, 0.717) is 12.0 Å². The van der Waals surface area contributed by atoms with Crippen molar-refractivity contribution < 1.29 is 9.53 Å². The second-order valence-electron chi connectivity index (χ2n) is 7.28. The Morgan fingerprint density at radius 1 is 1.38 bits per heavy atom. The van der Waals surface area contributed by atoms with Gasteiger partial charge in [0.2, 0.25) is 0 Å². The average molecular weight is 298 g/mol. The number of likely N-dealkylation sites (tertiary alicyclic amines) is 1. The van der Waals surface area contributed by atoms with Gasteiger partial charge in [0.05, 0.1) is 0 Å². The Kier molecular flexibility index (Phi) is 7.50. The van der Waals surface area contributed by atoms with Crippen LogP contribution in [-0.2, 0) is 4.74 Å². The number of nitrogens with zero attached hydrogens (tertiary/aromatic N) is 1. The summed E-state index contributed by atoms with van der Waals surface area (Å²) in [6.45, 7) is 13.0. The van der Waals surface area contributed by atoms with Crippen LogP contribution in [0.25, 0.3) is 0 Å². The van der Waals surface area contributed by atoms with Crippen molar-refractivity contribution in [1.29, 1.82) is 0 Å². The van der Waals surface area contributed by atoms with E-state index in [1.807, 2.05) is 25.7 Å². The zero-order valence-corrected chi connectivity index (χ0v) is 14.6. The highest BCUT2D eigenvalue weighted by Crippen LogP contribution is 2.21. The Hall–Kier alpha value is -0.770. The number of carbonyl (C=O) groups is 1. The molecule has 0 saturated carbocycles. The molecular weight excluding hydrogens is 264 g/mol. The molecule has 0 aromatic carbocycles. The molecule has 4 nitrogen and oxygen atoms in total. The van der Waals surface area contributed by atoms with Crippen molar-refractivity contribution >= 4 is 6.09 Å². The van der Waals surface area contributed by atoms with E-state index < -0.39 is 5.60 Å². The molecule has 1 heterocycles. The van der Waals surface area contributed by atoms with Crippen LogP contribution in [0.3, 0.4) is 0 Å². The molecule has 1 N–H and O–H groups in total. The third-order valence-electron chi connectivity index (χ3n) is 4.06. The topological polar surface area (TPSA) is 41.6 Å². The van der Waals surface area contributed by atoms with Gasteiger partial charge in [0.25, 0.3) is 0 Å². The lowest BCUT2D eigenvalue weighted by Crippen LogP contribution is -2.48. The molecule has 4 heteroatoms. The standard InChI is InChI=1S/C17H34N2O2/c1-6-7-8-11-18-14(2)15-10-9-12-19(13-15)16(20)21-17(3,4)5/h14-15,18H,6-13H2,1-5H3. The summed E-state index contributed by atoms with van der Waals surface area (Å²) in [5.74, 6) is 0.535. The van der Waals surface area contributed by atoms with Crippen molar-refractivity contribution in [3.63, 3.8) is 0 Å². The molecule has 0 bridgehead atoms. The van der Waals surface area contributed by atoms with Crippen molar-refractivity contribution in [3.8, 4) is 0 Å². The fourth-order valence-electron chi connectivity index (χ4n) is 2.78. The molecule has 2 atom stereocenters. The summed E-state index contributed by atoms with van der Waals surface area (Å²) in [7, 11) is 0. The van der Waals surface area contributed by atoms with Crippen LogP contribution in [-0.4, -0.2) is 42.3 Å². The molecule has 0 aliphatic carbocycles. The van der Waals surface area contributed by atoms with E-state index in [4.69, 9.17) is 4.74 Å². The number of amides is 1. The minimum atomic E-state index is -0.409. The minimum absolute atomic E-state index is 0.162. The molecule has 1 fully saturated rings. The Morgan fingerprint density at radius 2 is 2.10 bits per heavy atom. The summed E-state index contributed by atoms with van der Waals surface area (Å²) in [5.41, 5.74) is -0.409. The molecule has 0 spiro atoms. The van der Waals surface area contributed by atoms with Crippen molar-refractivity contribution in [2.75, 3.05) is 19.6 Å². The Morgan fingerprint density at radius 3 is 2.71 bits per heavy atom. The molecule has 21 heavy (non-hydrogen) atoms. The largest absolute Gasteiger partial charge is 0.444 e. The van der Waals surface area contributed by atoms with Gasteiger partial charge in [-0.2, -0.15) is 0 Å². The van der Waals surface area contributed by atoms with E-state index in [-0.39, 0.29) is 6.09 Å². The van der Waals surface area contributed by atoms with Crippen LogP contribution in [0.15, 0.2) is 0 Å². The molecule has 0 radical (unpaired) electrons. The van der Waals surface area contributed by atoms with Gasteiger partial charge in [0.1, 0.15) is 5.60 Å². The van der Waals surface area contributed by atoms with Gasteiger partial charge in [-0.3, -0.25) is 0 Å². The number of ether oxygens (including phenoxy) is 1. The van der Waals surface area contributed by atoms with Crippen molar-refractivity contribution in [1.82, 2.24) is 10.2 Å². The first-order valence-corrected chi connectivity index (χ1v) is 8.54. The average Bonchev–Trinajstić information content (AvgIpc) is 2.41. The second kappa shape index (κ2) is 8.62. The first-order chi connectivity index (χ1) is 9.83. The molecule has 1 aliphatic heterocycles. The number of hydrogen-bond donors (Lipinski definition) is 1. The number of carbonyl (C=O) groups excluding carboxylic acids is 1. The van der Waals surface area contributed by atoms with Gasteiger partial charge < -0.3 is 15.0 Å². The van der Waals surface area contributed by atoms with E-state index in [0.717, 1.165) is 26.1 Å². The third kappa shape index (κ3) is 7.16. The van der Waals surface area contributed by atoms with Crippen molar-refractivity contribution in [2.24, 2.45) is 5.92 Å². The summed E-state index contributed by atoms with van der Waals surface area (Å²) in [5, 5.41) is 3.62. The van der Waals surface area contributed by atoms with Gasteiger partial charge in [-0.05, 0) is 59.4 Å². The maximum absolute atomic E-state index is 12.2. The van der Waals surface area contributed by atoms with Gasteiger partial charge in [0, 0.05) is 19.1 Å². The molecule has 0 aromatic rings. The smallest absolute Gasteiger partial charge is 0.410 e. The molecule has 1 amide bonds. The first kappa shape index (κ1) is 18.3. The van der Waals surface area contributed by atoms with Crippen LogP contribution < -0.4 is 5.32 Å². The van der Waals surface area contributed by atoms with Crippen LogP contribution in [0.5, 0.6) is 0 Å². The minimum Gasteiger partial charge on any atom is -0.444 e. The Bertz CT molecular complexity index is 312. The lowest BCUT2D eigenvalue weighted by Gasteiger charge is -2.36. The van der Waals surface area contributed by atoms with Crippen LogP contribution in [0.1, 0.15) is 66.7 Å². The molecule has 0 aromatic heterocycles. The van der Waals surface area contributed by atoms with Crippen molar-refractivity contribution in [2.45, 2.75) is 78.4 Å². The van der Waals surface area contributed by atoms with E-state index in [9.17, 15) is 4.79 Å². The molecule has 124 valence electrons. The van der Waals surface area contributed by atoms with E-state index in [1.165, 1.54) is 25.7 Å². The van der Waals surface area contributed by atoms with Gasteiger partial charge in [-0.1, -0.05) is 19.8 Å². The van der Waals surface area contributed by atoms with Gasteiger partial charge in [-0.15, -0.1) is 0 Å². The summed E-state index contributed by atoms with van der Waals surface area (Å²) in [6.07, 6.45) is 5.89. The fourth-order valence-corrected chi connectivity index (χ4v) is 2.78. The molecule has 1 rings (SSSR count). The van der Waals surface area contributed by atoms with Crippen LogP contribution in [0.2, 0.25) is 0 Å². The lowest BCUT2D eigenvalue weighted by molar-refractivity contribution is 0.0148.